The van der Waals surface area contributed by atoms with Crippen LogP contribution in [-0.4, -0.2) is 37.1 Å². The van der Waals surface area contributed by atoms with Crippen LogP contribution in [0.5, 0.6) is 5.75 Å². The maximum absolute atomic E-state index is 5.19. The third kappa shape index (κ3) is 2.49. The van der Waals surface area contributed by atoms with Crippen LogP contribution in [-0.2, 0) is 0 Å². The highest BCUT2D eigenvalue weighted by Crippen LogP contribution is 2.31. The fraction of sp³-hybridized carbons (Fsp3) is 0.0588. The molecular weight excluding hydrogens is 368 g/mol. The molecule has 7 nitrogen and oxygen atoms in total. The predicted octanol–water partition coefficient (Wildman–Crippen LogP) is 3.98. The molecule has 0 radical (unpaired) electrons. The summed E-state index contributed by atoms with van der Waals surface area (Å²) in [6, 6.07) is 13.8. The van der Waals surface area contributed by atoms with E-state index in [0.29, 0.717) is 5.82 Å². The minimum absolute atomic E-state index is 0.645. The van der Waals surface area contributed by atoms with E-state index in [1.807, 2.05) is 47.8 Å². The molecule has 26 heavy (non-hydrogen) atoms. The predicted molar refractivity (Wildman–Crippen MR) is 102 cm³/mol. The van der Waals surface area contributed by atoms with Gasteiger partial charge in [-0.15, -0.1) is 21.5 Å². The second kappa shape index (κ2) is 6.04. The SMILES string of the molecule is COc1ccc(-c2cc(-c3nnc4sc(-c5cccs5)nn34)[nH]n2)cc1. The average Bonchev–Trinajstić information content (AvgIpc) is 3.44. The van der Waals surface area contributed by atoms with Crippen LogP contribution in [0.4, 0.5) is 0 Å². The molecule has 0 bridgehead atoms. The molecule has 0 spiro atoms. The molecule has 0 unspecified atom stereocenters. The zero-order valence-electron chi connectivity index (χ0n) is 13.6. The Morgan fingerprint density at radius 3 is 2.77 bits per heavy atom. The van der Waals surface area contributed by atoms with Gasteiger partial charge in [-0.05, 0) is 41.8 Å². The van der Waals surface area contributed by atoms with E-state index < -0.39 is 0 Å². The summed E-state index contributed by atoms with van der Waals surface area (Å²) < 4.78 is 6.95. The number of rotatable bonds is 4. The molecule has 0 saturated carbocycles. The molecule has 9 heteroatoms. The van der Waals surface area contributed by atoms with Crippen molar-refractivity contribution in [2.45, 2.75) is 0 Å². The first-order valence-corrected chi connectivity index (χ1v) is 9.48. The third-order valence-corrected chi connectivity index (χ3v) is 5.87. The number of hydrogen-bond acceptors (Lipinski definition) is 7. The minimum atomic E-state index is 0.645. The normalized spacial score (nSPS) is 11.3. The molecule has 0 aliphatic heterocycles. The Morgan fingerprint density at radius 1 is 1.12 bits per heavy atom. The molecule has 0 fully saturated rings. The molecule has 0 saturated heterocycles. The molecule has 4 aromatic heterocycles. The lowest BCUT2D eigenvalue weighted by atomic mass is 10.1. The van der Waals surface area contributed by atoms with Crippen LogP contribution in [0.2, 0.25) is 0 Å². The van der Waals surface area contributed by atoms with Crippen molar-refractivity contribution in [3.8, 4) is 38.4 Å². The Labute approximate surface area is 155 Å². The average molecular weight is 380 g/mol. The van der Waals surface area contributed by atoms with Gasteiger partial charge >= 0.3 is 0 Å². The lowest BCUT2D eigenvalue weighted by Gasteiger charge is -1.99. The zero-order chi connectivity index (χ0) is 17.5. The van der Waals surface area contributed by atoms with Crippen LogP contribution in [0.25, 0.3) is 37.6 Å². The zero-order valence-corrected chi connectivity index (χ0v) is 15.2. The van der Waals surface area contributed by atoms with Crippen LogP contribution < -0.4 is 4.74 Å². The summed E-state index contributed by atoms with van der Waals surface area (Å²) in [7, 11) is 1.65. The van der Waals surface area contributed by atoms with Crippen molar-refractivity contribution in [3.63, 3.8) is 0 Å². The largest absolute Gasteiger partial charge is 0.497 e. The lowest BCUT2D eigenvalue weighted by Crippen LogP contribution is -1.90. The highest BCUT2D eigenvalue weighted by atomic mass is 32.1. The summed E-state index contributed by atoms with van der Waals surface area (Å²) in [5.74, 6) is 1.46. The smallest absolute Gasteiger partial charge is 0.235 e. The van der Waals surface area contributed by atoms with Crippen molar-refractivity contribution >= 4 is 27.6 Å². The summed E-state index contributed by atoms with van der Waals surface area (Å²) in [4.78, 5) is 1.87. The minimum Gasteiger partial charge on any atom is -0.497 e. The van der Waals surface area contributed by atoms with E-state index in [1.54, 1.807) is 23.0 Å². The van der Waals surface area contributed by atoms with Crippen LogP contribution in [0.1, 0.15) is 0 Å². The Kier molecular flexibility index (Phi) is 3.54. The first kappa shape index (κ1) is 15.2. The van der Waals surface area contributed by atoms with Gasteiger partial charge in [-0.3, -0.25) is 5.10 Å². The number of hydrogen-bond donors (Lipinski definition) is 1. The third-order valence-electron chi connectivity index (χ3n) is 3.93. The number of thiophene rings is 1. The van der Waals surface area contributed by atoms with Crippen LogP contribution in [0.3, 0.4) is 0 Å². The standard InChI is InChI=1S/C17H12N6OS2/c1-24-11-6-4-10(5-7-11)12-9-13(19-18-12)15-20-21-17-23(15)22-16(26-17)14-3-2-8-25-14/h2-9H,1H3,(H,18,19). The maximum Gasteiger partial charge on any atom is 0.235 e. The summed E-state index contributed by atoms with van der Waals surface area (Å²) in [5.41, 5.74) is 2.59. The molecule has 0 aliphatic rings. The summed E-state index contributed by atoms with van der Waals surface area (Å²) in [6.45, 7) is 0. The Hall–Kier alpha value is -3.04. The lowest BCUT2D eigenvalue weighted by molar-refractivity contribution is 0.415. The summed E-state index contributed by atoms with van der Waals surface area (Å²) in [6.07, 6.45) is 0. The van der Waals surface area contributed by atoms with Crippen molar-refractivity contribution < 1.29 is 4.74 Å². The van der Waals surface area contributed by atoms with E-state index in [0.717, 1.165) is 37.5 Å². The number of aromatic nitrogens is 6. The van der Waals surface area contributed by atoms with Gasteiger partial charge in [0, 0.05) is 5.56 Å². The first-order valence-electron chi connectivity index (χ1n) is 7.78. The van der Waals surface area contributed by atoms with Gasteiger partial charge in [0.05, 0.1) is 17.7 Å². The van der Waals surface area contributed by atoms with E-state index in [2.05, 4.69) is 25.5 Å². The van der Waals surface area contributed by atoms with Gasteiger partial charge in [-0.25, -0.2) is 0 Å². The molecule has 0 atom stereocenters. The van der Waals surface area contributed by atoms with E-state index in [1.165, 1.54) is 11.3 Å². The number of benzene rings is 1. The summed E-state index contributed by atoms with van der Waals surface area (Å²) in [5, 5.41) is 23.5. The number of fused-ring (bicyclic) bond motifs is 1. The van der Waals surface area contributed by atoms with Crippen molar-refractivity contribution in [2.24, 2.45) is 0 Å². The number of H-pyrrole nitrogens is 1. The highest BCUT2D eigenvalue weighted by molar-refractivity contribution is 7.23. The van der Waals surface area contributed by atoms with Crippen LogP contribution >= 0.6 is 22.7 Å². The molecule has 5 rings (SSSR count). The quantitative estimate of drug-likeness (QED) is 0.510. The van der Waals surface area contributed by atoms with E-state index in [-0.39, 0.29) is 0 Å². The number of aromatic amines is 1. The first-order chi connectivity index (χ1) is 12.8. The molecule has 4 heterocycles. The van der Waals surface area contributed by atoms with Gasteiger partial charge in [0.15, 0.2) is 5.01 Å². The van der Waals surface area contributed by atoms with Crippen molar-refractivity contribution in [2.75, 3.05) is 7.11 Å². The van der Waals surface area contributed by atoms with Gasteiger partial charge in [-0.1, -0.05) is 17.4 Å². The molecule has 128 valence electrons. The second-order valence-electron chi connectivity index (χ2n) is 5.50. The van der Waals surface area contributed by atoms with Crippen LogP contribution in [0, 0.1) is 0 Å². The maximum atomic E-state index is 5.19. The topological polar surface area (TPSA) is 81.0 Å². The Balaban J connectivity index is 1.53. The fourth-order valence-corrected chi connectivity index (χ4v) is 4.26. The van der Waals surface area contributed by atoms with E-state index in [4.69, 9.17) is 4.74 Å². The number of methoxy groups -OCH3 is 1. The number of nitrogens with one attached hydrogen (secondary N) is 1. The van der Waals surface area contributed by atoms with Crippen molar-refractivity contribution in [1.82, 2.24) is 30.0 Å². The fourth-order valence-electron chi connectivity index (χ4n) is 2.63. The number of ether oxygens (including phenoxy) is 1. The van der Waals surface area contributed by atoms with Gasteiger partial charge in [-0.2, -0.15) is 14.7 Å². The molecular formula is C17H12N6OS2. The van der Waals surface area contributed by atoms with Crippen molar-refractivity contribution in [3.05, 3.63) is 47.8 Å². The number of nitrogens with zero attached hydrogens (tertiary/aromatic N) is 5. The monoisotopic (exact) mass is 380 g/mol. The van der Waals surface area contributed by atoms with Gasteiger partial charge in [0.1, 0.15) is 11.4 Å². The Bertz CT molecular complexity index is 1170. The van der Waals surface area contributed by atoms with E-state index in [9.17, 15) is 0 Å². The summed E-state index contributed by atoms with van der Waals surface area (Å²) >= 11 is 3.17. The Morgan fingerprint density at radius 2 is 2.00 bits per heavy atom. The van der Waals surface area contributed by atoms with Crippen molar-refractivity contribution in [1.29, 1.82) is 0 Å². The van der Waals surface area contributed by atoms with Gasteiger partial charge in [0.25, 0.3) is 0 Å². The molecule has 5 aromatic rings. The highest BCUT2D eigenvalue weighted by Gasteiger charge is 2.17. The van der Waals surface area contributed by atoms with Gasteiger partial charge < -0.3 is 4.74 Å². The second-order valence-corrected chi connectivity index (χ2v) is 7.40. The van der Waals surface area contributed by atoms with Crippen LogP contribution in [0.15, 0.2) is 47.8 Å². The molecule has 1 aromatic carbocycles. The van der Waals surface area contributed by atoms with Gasteiger partial charge in [0.2, 0.25) is 10.8 Å². The molecule has 0 amide bonds. The molecule has 1 N–H and O–H groups in total. The van der Waals surface area contributed by atoms with E-state index >= 15 is 0 Å². The molecule has 0 aliphatic carbocycles.